The van der Waals surface area contributed by atoms with E-state index in [4.69, 9.17) is 0 Å². The van der Waals surface area contributed by atoms with Crippen molar-refractivity contribution in [1.82, 2.24) is 5.32 Å². The van der Waals surface area contributed by atoms with Crippen LogP contribution < -0.4 is 5.32 Å². The third-order valence-electron chi connectivity index (χ3n) is 3.19. The van der Waals surface area contributed by atoms with E-state index in [9.17, 15) is 9.59 Å². The summed E-state index contributed by atoms with van der Waals surface area (Å²) in [5.74, 6) is 1.13. The molecule has 2 fully saturated rings. The molecule has 3 heteroatoms. The summed E-state index contributed by atoms with van der Waals surface area (Å²) in [6.07, 6.45) is 5.04. The maximum absolute atomic E-state index is 11.0. The van der Waals surface area contributed by atoms with Gasteiger partial charge in [0, 0.05) is 25.3 Å². The zero-order valence-corrected chi connectivity index (χ0v) is 7.71. The van der Waals surface area contributed by atoms with Crippen LogP contribution in [0.1, 0.15) is 38.5 Å². The number of Topliss-reactive ketones (excluding diaryl/α,β-unsaturated/α-hetero) is 1. The van der Waals surface area contributed by atoms with Gasteiger partial charge in [-0.15, -0.1) is 0 Å². The summed E-state index contributed by atoms with van der Waals surface area (Å²) in [5, 5.41) is 2.99. The van der Waals surface area contributed by atoms with Crippen molar-refractivity contribution in [3.8, 4) is 0 Å². The Hall–Kier alpha value is -0.860. The van der Waals surface area contributed by atoms with Gasteiger partial charge in [0.2, 0.25) is 5.91 Å². The van der Waals surface area contributed by atoms with Crippen LogP contribution in [0.5, 0.6) is 0 Å². The van der Waals surface area contributed by atoms with Gasteiger partial charge in [-0.3, -0.25) is 9.59 Å². The van der Waals surface area contributed by atoms with Gasteiger partial charge < -0.3 is 5.32 Å². The summed E-state index contributed by atoms with van der Waals surface area (Å²) in [6, 6.07) is 0.362. The molecule has 3 nitrogen and oxygen atoms in total. The normalized spacial score (nSPS) is 30.6. The highest BCUT2D eigenvalue weighted by molar-refractivity contribution is 5.80. The number of carbonyl (C=O) groups is 2. The summed E-state index contributed by atoms with van der Waals surface area (Å²) in [6.45, 7) is 0. The third kappa shape index (κ3) is 1.90. The van der Waals surface area contributed by atoms with Crippen LogP contribution >= 0.6 is 0 Å². The average molecular weight is 181 g/mol. The van der Waals surface area contributed by atoms with Gasteiger partial charge in [-0.2, -0.15) is 0 Å². The minimum atomic E-state index is 0.182. The molecule has 0 aromatic rings. The largest absolute Gasteiger partial charge is 0.353 e. The molecule has 1 atom stereocenters. The van der Waals surface area contributed by atoms with Crippen molar-refractivity contribution in [2.45, 2.75) is 44.6 Å². The van der Waals surface area contributed by atoms with Crippen molar-refractivity contribution < 1.29 is 9.59 Å². The third-order valence-corrected chi connectivity index (χ3v) is 3.19. The lowest BCUT2D eigenvalue weighted by molar-refractivity contribution is -0.121. The molecule has 13 heavy (non-hydrogen) atoms. The molecule has 0 aromatic heterocycles. The summed E-state index contributed by atoms with van der Waals surface area (Å²) >= 11 is 0. The van der Waals surface area contributed by atoms with E-state index >= 15 is 0 Å². The second-order valence-corrected chi connectivity index (χ2v) is 4.09. The molecule has 1 heterocycles. The molecular formula is C10H15NO2. The Morgan fingerprint density at radius 2 is 1.69 bits per heavy atom. The predicted octanol–water partition coefficient (Wildman–Crippen LogP) is 1.02. The van der Waals surface area contributed by atoms with E-state index < -0.39 is 0 Å². The van der Waals surface area contributed by atoms with E-state index in [0.29, 0.717) is 24.2 Å². The van der Waals surface area contributed by atoms with Gasteiger partial charge >= 0.3 is 0 Å². The first-order valence-electron chi connectivity index (χ1n) is 5.07. The quantitative estimate of drug-likeness (QED) is 0.656. The molecule has 1 saturated carbocycles. The number of ketones is 1. The van der Waals surface area contributed by atoms with Crippen LogP contribution in [0.2, 0.25) is 0 Å². The van der Waals surface area contributed by atoms with Crippen LogP contribution in [-0.2, 0) is 9.59 Å². The summed E-state index contributed by atoms with van der Waals surface area (Å²) in [4.78, 5) is 22.0. The van der Waals surface area contributed by atoms with E-state index in [1.54, 1.807) is 0 Å². The van der Waals surface area contributed by atoms with Crippen LogP contribution in [0, 0.1) is 5.92 Å². The number of nitrogens with one attached hydrogen (secondary N) is 1. The van der Waals surface area contributed by atoms with E-state index in [1.165, 1.54) is 0 Å². The minimum Gasteiger partial charge on any atom is -0.353 e. The molecule has 0 radical (unpaired) electrons. The van der Waals surface area contributed by atoms with Crippen LogP contribution in [0.25, 0.3) is 0 Å². The lowest BCUT2D eigenvalue weighted by Crippen LogP contribution is -2.35. The Morgan fingerprint density at radius 1 is 1.00 bits per heavy atom. The fourth-order valence-corrected chi connectivity index (χ4v) is 2.36. The van der Waals surface area contributed by atoms with Crippen molar-refractivity contribution in [2.75, 3.05) is 0 Å². The first kappa shape index (κ1) is 8.73. The predicted molar refractivity (Wildman–Crippen MR) is 48.1 cm³/mol. The van der Waals surface area contributed by atoms with Crippen molar-refractivity contribution >= 4 is 11.7 Å². The molecule has 1 saturated heterocycles. The average Bonchev–Trinajstić information content (AvgIpc) is 2.53. The van der Waals surface area contributed by atoms with Crippen molar-refractivity contribution in [3.05, 3.63) is 0 Å². The molecule has 1 amide bonds. The second kappa shape index (κ2) is 3.48. The van der Waals surface area contributed by atoms with E-state index in [-0.39, 0.29) is 5.91 Å². The molecular weight excluding hydrogens is 166 g/mol. The smallest absolute Gasteiger partial charge is 0.220 e. The molecule has 1 aliphatic heterocycles. The standard InChI is InChI=1S/C10H15NO2/c12-8-3-1-7(2-4-8)9-5-6-10(13)11-9/h7,9H,1-6H2,(H,11,13). The lowest BCUT2D eigenvalue weighted by atomic mass is 9.83. The Morgan fingerprint density at radius 3 is 2.23 bits per heavy atom. The molecule has 2 aliphatic rings. The number of amides is 1. The van der Waals surface area contributed by atoms with Crippen LogP contribution in [0.15, 0.2) is 0 Å². The fourth-order valence-electron chi connectivity index (χ4n) is 2.36. The minimum absolute atomic E-state index is 0.182. The van der Waals surface area contributed by atoms with Gasteiger partial charge in [-0.25, -0.2) is 0 Å². The van der Waals surface area contributed by atoms with Crippen molar-refractivity contribution in [2.24, 2.45) is 5.92 Å². The first-order chi connectivity index (χ1) is 6.25. The molecule has 72 valence electrons. The monoisotopic (exact) mass is 181 g/mol. The van der Waals surface area contributed by atoms with E-state index in [1.807, 2.05) is 0 Å². The highest BCUT2D eigenvalue weighted by Gasteiger charge is 2.31. The Balaban J connectivity index is 1.87. The highest BCUT2D eigenvalue weighted by atomic mass is 16.2. The molecule has 2 rings (SSSR count). The maximum atomic E-state index is 11.0. The van der Waals surface area contributed by atoms with Crippen LogP contribution in [-0.4, -0.2) is 17.7 Å². The van der Waals surface area contributed by atoms with E-state index in [0.717, 1.165) is 32.1 Å². The van der Waals surface area contributed by atoms with Gasteiger partial charge in [0.15, 0.2) is 0 Å². The Labute approximate surface area is 77.9 Å². The second-order valence-electron chi connectivity index (χ2n) is 4.09. The topological polar surface area (TPSA) is 46.2 Å². The lowest BCUT2D eigenvalue weighted by Gasteiger charge is -2.26. The molecule has 1 unspecified atom stereocenters. The van der Waals surface area contributed by atoms with Gasteiger partial charge in [-0.1, -0.05) is 0 Å². The van der Waals surface area contributed by atoms with Gasteiger partial charge in [0.25, 0.3) is 0 Å². The summed E-state index contributed by atoms with van der Waals surface area (Å²) in [7, 11) is 0. The Bertz CT molecular complexity index is 227. The molecule has 1 aliphatic carbocycles. The van der Waals surface area contributed by atoms with Crippen molar-refractivity contribution in [1.29, 1.82) is 0 Å². The maximum Gasteiger partial charge on any atom is 0.220 e. The van der Waals surface area contributed by atoms with Crippen LogP contribution in [0.4, 0.5) is 0 Å². The number of rotatable bonds is 1. The summed E-state index contributed by atoms with van der Waals surface area (Å²) < 4.78 is 0. The van der Waals surface area contributed by atoms with Gasteiger partial charge in [-0.05, 0) is 25.2 Å². The highest BCUT2D eigenvalue weighted by Crippen LogP contribution is 2.28. The zero-order chi connectivity index (χ0) is 9.26. The molecule has 0 spiro atoms. The zero-order valence-electron chi connectivity index (χ0n) is 7.71. The Kier molecular flexibility index (Phi) is 2.34. The molecule has 0 bridgehead atoms. The molecule has 1 N–H and O–H groups in total. The number of hydrogen-bond donors (Lipinski definition) is 1. The van der Waals surface area contributed by atoms with Crippen LogP contribution in [0.3, 0.4) is 0 Å². The van der Waals surface area contributed by atoms with Gasteiger partial charge in [0.05, 0.1) is 0 Å². The SMILES string of the molecule is O=C1CCC(C2CCC(=O)N2)CC1. The summed E-state index contributed by atoms with van der Waals surface area (Å²) in [5.41, 5.74) is 0. The number of carbonyl (C=O) groups excluding carboxylic acids is 2. The van der Waals surface area contributed by atoms with Crippen molar-refractivity contribution in [3.63, 3.8) is 0 Å². The fraction of sp³-hybridized carbons (Fsp3) is 0.800. The van der Waals surface area contributed by atoms with Gasteiger partial charge in [0.1, 0.15) is 5.78 Å². The number of hydrogen-bond acceptors (Lipinski definition) is 2. The molecule has 0 aromatic carbocycles. The first-order valence-corrected chi connectivity index (χ1v) is 5.07. The van der Waals surface area contributed by atoms with E-state index in [2.05, 4.69) is 5.32 Å².